The average Bonchev–Trinajstić information content (AvgIpc) is 2.61. The Morgan fingerprint density at radius 3 is 2.48 bits per heavy atom. The highest BCUT2D eigenvalue weighted by atomic mass is 16.4. The van der Waals surface area contributed by atoms with Crippen LogP contribution in [0.1, 0.15) is 5.56 Å². The number of nitriles is 1. The van der Waals surface area contributed by atoms with E-state index in [1.54, 1.807) is 12.3 Å². The summed E-state index contributed by atoms with van der Waals surface area (Å²) in [5.41, 5.74) is 7.48. The Balaban J connectivity index is 0.000000185. The Labute approximate surface area is 144 Å². The lowest BCUT2D eigenvalue weighted by atomic mass is 10.1. The Hall–Kier alpha value is -3.85. The second-order valence-electron chi connectivity index (χ2n) is 5.03. The molecule has 0 aliphatic heterocycles. The predicted octanol–water partition coefficient (Wildman–Crippen LogP) is 3.20. The van der Waals surface area contributed by atoms with E-state index in [2.05, 4.69) is 4.98 Å². The average molecular weight is 333 g/mol. The lowest BCUT2D eigenvalue weighted by molar-refractivity contribution is -0.132. The molecule has 0 unspecified atom stereocenters. The van der Waals surface area contributed by atoms with E-state index in [1.807, 2.05) is 30.3 Å². The van der Waals surface area contributed by atoms with Crippen molar-refractivity contribution in [1.29, 1.82) is 5.26 Å². The van der Waals surface area contributed by atoms with Crippen molar-refractivity contribution in [1.82, 2.24) is 4.98 Å². The number of nitrogen functional groups attached to an aromatic ring is 1. The van der Waals surface area contributed by atoms with E-state index in [-0.39, 0.29) is 11.3 Å². The number of anilines is 1. The number of benzene rings is 2. The van der Waals surface area contributed by atoms with Crippen LogP contribution in [0.5, 0.6) is 5.75 Å². The van der Waals surface area contributed by atoms with Gasteiger partial charge in [0, 0.05) is 5.39 Å². The quantitative estimate of drug-likeness (QED) is 0.489. The van der Waals surface area contributed by atoms with Crippen LogP contribution < -0.4 is 5.73 Å². The molecule has 1 heterocycles. The molecule has 0 radical (unpaired) electrons. The second-order valence-corrected chi connectivity index (χ2v) is 5.03. The van der Waals surface area contributed by atoms with Crippen LogP contribution in [0.25, 0.3) is 17.0 Å². The molecule has 0 bridgehead atoms. The molecule has 25 heavy (non-hydrogen) atoms. The number of fused-ring (bicyclic) bond motifs is 1. The lowest BCUT2D eigenvalue weighted by Crippen LogP contribution is -1.97. The first kappa shape index (κ1) is 17.5. The van der Waals surface area contributed by atoms with E-state index in [9.17, 15) is 4.79 Å². The maximum absolute atomic E-state index is 10.5. The number of hydrogen-bond acceptors (Lipinski definition) is 5. The number of nitrogens with two attached hydrogens (primary N) is 1. The van der Waals surface area contributed by atoms with E-state index < -0.39 is 5.97 Å². The van der Waals surface area contributed by atoms with Crippen molar-refractivity contribution in [3.05, 3.63) is 71.9 Å². The zero-order valence-electron chi connectivity index (χ0n) is 13.1. The van der Waals surface area contributed by atoms with E-state index in [1.165, 1.54) is 30.3 Å². The number of nitrogens with zero attached hydrogens (tertiary/aromatic N) is 2. The third-order valence-electron chi connectivity index (χ3n) is 3.17. The monoisotopic (exact) mass is 333 g/mol. The van der Waals surface area contributed by atoms with Crippen molar-refractivity contribution in [2.45, 2.75) is 0 Å². The van der Waals surface area contributed by atoms with Crippen LogP contribution in [0.15, 0.2) is 66.4 Å². The van der Waals surface area contributed by atoms with Gasteiger partial charge in [-0.15, -0.1) is 0 Å². The molecule has 0 spiro atoms. The SMILES string of the molecule is N#C/C(=C\c1ccc(O)cc1)C(=O)O.Nc1cnc2ccccc2c1. The van der Waals surface area contributed by atoms with Gasteiger partial charge in [0.2, 0.25) is 0 Å². The second kappa shape index (κ2) is 8.13. The Morgan fingerprint density at radius 2 is 1.84 bits per heavy atom. The summed E-state index contributed by atoms with van der Waals surface area (Å²) in [5.74, 6) is -1.17. The van der Waals surface area contributed by atoms with E-state index in [4.69, 9.17) is 21.2 Å². The molecule has 0 amide bonds. The fourth-order valence-corrected chi connectivity index (χ4v) is 1.97. The first-order chi connectivity index (χ1) is 12.0. The van der Waals surface area contributed by atoms with Gasteiger partial charge in [0.25, 0.3) is 0 Å². The van der Waals surface area contributed by atoms with Gasteiger partial charge in [-0.05, 0) is 35.9 Å². The molecule has 0 saturated carbocycles. The van der Waals surface area contributed by atoms with Gasteiger partial charge in [0.15, 0.2) is 0 Å². The molecule has 2 aromatic carbocycles. The number of hydrogen-bond donors (Lipinski definition) is 3. The number of rotatable bonds is 2. The highest BCUT2D eigenvalue weighted by molar-refractivity contribution is 5.96. The van der Waals surface area contributed by atoms with Crippen LogP contribution in [-0.2, 0) is 4.79 Å². The molecule has 3 rings (SSSR count). The molecule has 3 aromatic rings. The fourth-order valence-electron chi connectivity index (χ4n) is 1.97. The molecule has 0 fully saturated rings. The zero-order valence-corrected chi connectivity index (χ0v) is 13.1. The molecule has 6 nitrogen and oxygen atoms in total. The van der Waals surface area contributed by atoms with Crippen LogP contribution in [-0.4, -0.2) is 21.2 Å². The van der Waals surface area contributed by atoms with Crippen molar-refractivity contribution in [2.75, 3.05) is 5.73 Å². The van der Waals surface area contributed by atoms with Gasteiger partial charge >= 0.3 is 5.97 Å². The molecule has 124 valence electrons. The number of para-hydroxylation sites is 1. The maximum atomic E-state index is 10.5. The van der Waals surface area contributed by atoms with Crippen LogP contribution in [0.3, 0.4) is 0 Å². The zero-order chi connectivity index (χ0) is 18.2. The van der Waals surface area contributed by atoms with Gasteiger partial charge < -0.3 is 15.9 Å². The van der Waals surface area contributed by atoms with Crippen molar-refractivity contribution < 1.29 is 15.0 Å². The van der Waals surface area contributed by atoms with Crippen LogP contribution in [0, 0.1) is 11.3 Å². The summed E-state index contributed by atoms with van der Waals surface area (Å²) in [6.45, 7) is 0. The van der Waals surface area contributed by atoms with Crippen molar-refractivity contribution in [3.63, 3.8) is 0 Å². The fraction of sp³-hybridized carbons (Fsp3) is 0. The number of carbonyl (C=O) groups is 1. The number of phenols is 1. The summed E-state index contributed by atoms with van der Waals surface area (Å²) >= 11 is 0. The number of pyridine rings is 1. The van der Waals surface area contributed by atoms with E-state index in [0.717, 1.165) is 10.9 Å². The normalized spacial score (nSPS) is 10.4. The first-order valence-corrected chi connectivity index (χ1v) is 7.24. The van der Waals surface area contributed by atoms with Crippen molar-refractivity contribution >= 4 is 28.6 Å². The summed E-state index contributed by atoms with van der Waals surface area (Å²) in [6.07, 6.45) is 2.91. The molecular formula is C19H15N3O3. The molecule has 0 aliphatic rings. The van der Waals surface area contributed by atoms with Gasteiger partial charge in [0.1, 0.15) is 17.4 Å². The summed E-state index contributed by atoms with van der Waals surface area (Å²) in [5, 5.41) is 27.1. The molecule has 4 N–H and O–H groups in total. The summed E-state index contributed by atoms with van der Waals surface area (Å²) in [4.78, 5) is 14.6. The van der Waals surface area contributed by atoms with Crippen LogP contribution >= 0.6 is 0 Å². The number of aromatic hydroxyl groups is 1. The smallest absolute Gasteiger partial charge is 0.346 e. The van der Waals surface area contributed by atoms with Crippen LogP contribution in [0.4, 0.5) is 5.69 Å². The van der Waals surface area contributed by atoms with Gasteiger partial charge in [-0.2, -0.15) is 5.26 Å². The van der Waals surface area contributed by atoms with Crippen LogP contribution in [0.2, 0.25) is 0 Å². The lowest BCUT2D eigenvalue weighted by Gasteiger charge is -1.95. The Morgan fingerprint density at radius 1 is 1.16 bits per heavy atom. The number of aromatic nitrogens is 1. The third kappa shape index (κ3) is 5.08. The topological polar surface area (TPSA) is 120 Å². The van der Waals surface area contributed by atoms with Gasteiger partial charge in [-0.3, -0.25) is 4.98 Å². The summed E-state index contributed by atoms with van der Waals surface area (Å²) < 4.78 is 0. The minimum absolute atomic E-state index is 0.0935. The Kier molecular flexibility index (Phi) is 5.69. The molecule has 0 saturated heterocycles. The Bertz CT molecular complexity index is 958. The van der Waals surface area contributed by atoms with Gasteiger partial charge in [-0.1, -0.05) is 30.3 Å². The molecular weight excluding hydrogens is 318 g/mol. The largest absolute Gasteiger partial charge is 0.508 e. The highest BCUT2D eigenvalue weighted by Gasteiger charge is 2.04. The number of carboxylic acid groups (broad SMARTS) is 1. The van der Waals surface area contributed by atoms with Crippen molar-refractivity contribution in [3.8, 4) is 11.8 Å². The van der Waals surface area contributed by atoms with E-state index in [0.29, 0.717) is 11.3 Å². The minimum atomic E-state index is -1.26. The van der Waals surface area contributed by atoms with Gasteiger partial charge in [-0.25, -0.2) is 4.79 Å². The molecule has 0 atom stereocenters. The van der Waals surface area contributed by atoms with Gasteiger partial charge in [0.05, 0.1) is 17.4 Å². The van der Waals surface area contributed by atoms with Crippen molar-refractivity contribution in [2.24, 2.45) is 0 Å². The highest BCUT2D eigenvalue weighted by Crippen LogP contribution is 2.13. The number of aliphatic carboxylic acids is 1. The molecule has 0 aliphatic carbocycles. The maximum Gasteiger partial charge on any atom is 0.346 e. The minimum Gasteiger partial charge on any atom is -0.508 e. The van der Waals surface area contributed by atoms with E-state index >= 15 is 0 Å². The summed E-state index contributed by atoms with van der Waals surface area (Å²) in [6, 6.07) is 17.3. The first-order valence-electron chi connectivity index (χ1n) is 7.24. The summed E-state index contributed by atoms with van der Waals surface area (Å²) in [7, 11) is 0. The number of phenolic OH excluding ortho intramolecular Hbond substituents is 1. The molecule has 1 aromatic heterocycles. The standard InChI is InChI=1S/C10H7NO3.C9H8N2/c11-6-8(10(13)14)5-7-1-3-9(12)4-2-7;10-8-5-7-3-1-2-4-9(7)11-6-8/h1-5,12H,(H,13,14);1-6H,10H2/b8-5+;. The third-order valence-corrected chi connectivity index (χ3v) is 3.17. The predicted molar refractivity (Wildman–Crippen MR) is 95.5 cm³/mol. The molecule has 6 heteroatoms. The number of carboxylic acids is 1.